The molecule has 0 aliphatic carbocycles. The van der Waals surface area contributed by atoms with Crippen LogP contribution < -0.4 is 5.32 Å². The highest BCUT2D eigenvalue weighted by molar-refractivity contribution is 5.95. The van der Waals surface area contributed by atoms with E-state index in [4.69, 9.17) is 5.11 Å². The molecular formula is C13H17NO3. The van der Waals surface area contributed by atoms with Crippen LogP contribution in [0.1, 0.15) is 41.3 Å². The van der Waals surface area contributed by atoms with Gasteiger partial charge < -0.3 is 10.4 Å². The normalized spacial score (nSPS) is 10.1. The third-order valence-electron chi connectivity index (χ3n) is 2.66. The van der Waals surface area contributed by atoms with E-state index in [1.54, 1.807) is 13.0 Å². The molecule has 0 radical (unpaired) electrons. The van der Waals surface area contributed by atoms with E-state index in [1.165, 1.54) is 6.07 Å². The van der Waals surface area contributed by atoms with Gasteiger partial charge in [0, 0.05) is 12.1 Å². The Bertz CT molecular complexity index is 452. The average molecular weight is 235 g/mol. The van der Waals surface area contributed by atoms with Crippen LogP contribution in [0.5, 0.6) is 0 Å². The smallest absolute Gasteiger partial charge is 0.336 e. The zero-order chi connectivity index (χ0) is 13.0. The summed E-state index contributed by atoms with van der Waals surface area (Å²) in [5.74, 6) is -1.07. The lowest BCUT2D eigenvalue weighted by Crippen LogP contribution is -2.12. The Morgan fingerprint density at radius 3 is 2.47 bits per heavy atom. The number of hydrogen-bond donors (Lipinski definition) is 2. The number of anilines is 1. The molecule has 0 saturated carbocycles. The van der Waals surface area contributed by atoms with Crippen molar-refractivity contribution in [2.75, 3.05) is 5.32 Å². The van der Waals surface area contributed by atoms with Gasteiger partial charge in [0.05, 0.1) is 5.56 Å². The van der Waals surface area contributed by atoms with Crippen LogP contribution in [-0.2, 0) is 4.79 Å². The maximum atomic E-state index is 11.4. The third-order valence-corrected chi connectivity index (χ3v) is 2.66. The zero-order valence-corrected chi connectivity index (χ0v) is 10.3. The van der Waals surface area contributed by atoms with Crippen LogP contribution in [0.25, 0.3) is 0 Å². The van der Waals surface area contributed by atoms with Crippen molar-refractivity contribution in [3.63, 3.8) is 0 Å². The Kier molecular flexibility index (Phi) is 4.26. The van der Waals surface area contributed by atoms with E-state index >= 15 is 0 Å². The maximum Gasteiger partial charge on any atom is 0.336 e. The van der Waals surface area contributed by atoms with Crippen LogP contribution in [0, 0.1) is 13.8 Å². The molecule has 0 fully saturated rings. The van der Waals surface area contributed by atoms with Crippen molar-refractivity contribution in [2.24, 2.45) is 0 Å². The molecule has 1 rings (SSSR count). The number of carbonyl (C=O) groups is 2. The molecule has 92 valence electrons. The molecular weight excluding hydrogens is 218 g/mol. The van der Waals surface area contributed by atoms with E-state index < -0.39 is 5.97 Å². The van der Waals surface area contributed by atoms with Gasteiger partial charge in [-0.2, -0.15) is 0 Å². The number of aromatic carboxylic acids is 1. The number of carbonyl (C=O) groups excluding carboxylic acids is 1. The van der Waals surface area contributed by atoms with Crippen LogP contribution >= 0.6 is 0 Å². The molecule has 17 heavy (non-hydrogen) atoms. The standard InChI is InChI=1S/C13H17NO3/c1-4-5-12(15)14-10-6-8(2)9(3)11(7-10)13(16)17/h6-7H,4-5H2,1-3H3,(H,14,15)(H,16,17). The van der Waals surface area contributed by atoms with Crippen molar-refractivity contribution in [1.82, 2.24) is 0 Å². The summed E-state index contributed by atoms with van der Waals surface area (Å²) in [6.45, 7) is 5.51. The lowest BCUT2D eigenvalue weighted by Gasteiger charge is -2.10. The Labute approximate surface area is 101 Å². The van der Waals surface area contributed by atoms with E-state index in [9.17, 15) is 9.59 Å². The molecule has 0 aliphatic rings. The summed E-state index contributed by atoms with van der Waals surface area (Å²) in [6.07, 6.45) is 1.21. The highest BCUT2D eigenvalue weighted by Gasteiger charge is 2.11. The minimum absolute atomic E-state index is 0.0907. The first-order chi connectivity index (χ1) is 7.95. The molecule has 1 amide bonds. The fourth-order valence-electron chi connectivity index (χ4n) is 1.60. The molecule has 0 aromatic heterocycles. The predicted molar refractivity (Wildman–Crippen MR) is 66.4 cm³/mol. The summed E-state index contributed by atoms with van der Waals surface area (Å²) in [5, 5.41) is 11.7. The number of hydrogen-bond acceptors (Lipinski definition) is 2. The van der Waals surface area contributed by atoms with E-state index in [-0.39, 0.29) is 11.5 Å². The number of nitrogens with one attached hydrogen (secondary N) is 1. The van der Waals surface area contributed by atoms with Gasteiger partial charge in [0.1, 0.15) is 0 Å². The van der Waals surface area contributed by atoms with Crippen molar-refractivity contribution in [2.45, 2.75) is 33.6 Å². The second kappa shape index (κ2) is 5.48. The maximum absolute atomic E-state index is 11.4. The second-order valence-electron chi connectivity index (χ2n) is 4.07. The molecule has 0 bridgehead atoms. The molecule has 0 atom stereocenters. The van der Waals surface area contributed by atoms with Crippen LogP contribution in [0.2, 0.25) is 0 Å². The molecule has 0 aliphatic heterocycles. The minimum atomic E-state index is -0.975. The van der Waals surface area contributed by atoms with E-state index in [2.05, 4.69) is 5.32 Å². The summed E-state index contributed by atoms with van der Waals surface area (Å²) in [6, 6.07) is 3.29. The number of benzene rings is 1. The van der Waals surface area contributed by atoms with Gasteiger partial charge in [0.25, 0.3) is 0 Å². The molecule has 0 unspecified atom stereocenters. The van der Waals surface area contributed by atoms with Gasteiger partial charge in [0.2, 0.25) is 5.91 Å². The second-order valence-corrected chi connectivity index (χ2v) is 4.07. The van der Waals surface area contributed by atoms with E-state index in [0.717, 1.165) is 17.5 Å². The zero-order valence-electron chi connectivity index (χ0n) is 10.3. The highest BCUT2D eigenvalue weighted by Crippen LogP contribution is 2.20. The van der Waals surface area contributed by atoms with Gasteiger partial charge in [-0.3, -0.25) is 4.79 Å². The Morgan fingerprint density at radius 2 is 1.94 bits per heavy atom. The average Bonchev–Trinajstić information content (AvgIpc) is 2.23. The van der Waals surface area contributed by atoms with Gasteiger partial charge in [-0.05, 0) is 43.5 Å². The van der Waals surface area contributed by atoms with Crippen LogP contribution in [0.4, 0.5) is 5.69 Å². The van der Waals surface area contributed by atoms with Crippen molar-refractivity contribution >= 4 is 17.6 Å². The summed E-state index contributed by atoms with van der Waals surface area (Å²) in [4.78, 5) is 22.5. The number of carboxylic acids is 1. The highest BCUT2D eigenvalue weighted by atomic mass is 16.4. The quantitative estimate of drug-likeness (QED) is 0.843. The number of rotatable bonds is 4. The van der Waals surface area contributed by atoms with Gasteiger partial charge in [0.15, 0.2) is 0 Å². The number of amides is 1. The first kappa shape index (κ1) is 13.2. The fraction of sp³-hybridized carbons (Fsp3) is 0.385. The number of carboxylic acid groups (broad SMARTS) is 1. The summed E-state index contributed by atoms with van der Waals surface area (Å²) in [7, 11) is 0. The summed E-state index contributed by atoms with van der Waals surface area (Å²) >= 11 is 0. The Balaban J connectivity index is 3.02. The topological polar surface area (TPSA) is 66.4 Å². The minimum Gasteiger partial charge on any atom is -0.478 e. The monoisotopic (exact) mass is 235 g/mol. The van der Waals surface area contributed by atoms with E-state index in [0.29, 0.717) is 12.1 Å². The van der Waals surface area contributed by atoms with Gasteiger partial charge in [-0.25, -0.2) is 4.79 Å². The van der Waals surface area contributed by atoms with Crippen LogP contribution in [0.15, 0.2) is 12.1 Å². The van der Waals surface area contributed by atoms with Crippen molar-refractivity contribution < 1.29 is 14.7 Å². The SMILES string of the molecule is CCCC(=O)Nc1cc(C)c(C)c(C(=O)O)c1. The van der Waals surface area contributed by atoms with Crippen LogP contribution in [0.3, 0.4) is 0 Å². The molecule has 0 spiro atoms. The Hall–Kier alpha value is -1.84. The van der Waals surface area contributed by atoms with Crippen molar-refractivity contribution in [3.8, 4) is 0 Å². The predicted octanol–water partition coefficient (Wildman–Crippen LogP) is 2.74. The Morgan fingerprint density at radius 1 is 1.29 bits per heavy atom. The molecule has 2 N–H and O–H groups in total. The van der Waals surface area contributed by atoms with Crippen LogP contribution in [-0.4, -0.2) is 17.0 Å². The molecule has 4 heteroatoms. The fourth-order valence-corrected chi connectivity index (χ4v) is 1.60. The molecule has 4 nitrogen and oxygen atoms in total. The lowest BCUT2D eigenvalue weighted by atomic mass is 10.0. The summed E-state index contributed by atoms with van der Waals surface area (Å²) in [5.41, 5.74) is 2.36. The molecule has 0 heterocycles. The number of aryl methyl sites for hydroxylation is 1. The molecule has 0 saturated heterocycles. The molecule has 1 aromatic rings. The first-order valence-corrected chi connectivity index (χ1v) is 5.60. The largest absolute Gasteiger partial charge is 0.478 e. The van der Waals surface area contributed by atoms with Crippen molar-refractivity contribution in [1.29, 1.82) is 0 Å². The van der Waals surface area contributed by atoms with Gasteiger partial charge in [-0.15, -0.1) is 0 Å². The van der Waals surface area contributed by atoms with Gasteiger partial charge >= 0.3 is 5.97 Å². The van der Waals surface area contributed by atoms with Crippen molar-refractivity contribution in [3.05, 3.63) is 28.8 Å². The van der Waals surface area contributed by atoms with E-state index in [1.807, 2.05) is 13.8 Å². The molecule has 1 aromatic carbocycles. The van der Waals surface area contributed by atoms with Gasteiger partial charge in [-0.1, -0.05) is 6.92 Å². The lowest BCUT2D eigenvalue weighted by molar-refractivity contribution is -0.116. The summed E-state index contributed by atoms with van der Waals surface area (Å²) < 4.78 is 0. The first-order valence-electron chi connectivity index (χ1n) is 5.60. The third kappa shape index (κ3) is 3.31.